The van der Waals surface area contributed by atoms with E-state index in [1.54, 1.807) is 13.2 Å². The highest BCUT2D eigenvalue weighted by atomic mass is 16.5. The molecule has 0 bridgehead atoms. The molecule has 20 heavy (non-hydrogen) atoms. The lowest BCUT2D eigenvalue weighted by atomic mass is 9.76. The molecule has 0 spiro atoms. The average Bonchev–Trinajstić information content (AvgIpc) is 2.44. The molecule has 0 radical (unpaired) electrons. The Hall–Kier alpha value is -1.26. The van der Waals surface area contributed by atoms with Gasteiger partial charge in [-0.3, -0.25) is 4.90 Å². The SMILES string of the molecule is COc1ccc(O)c([C@@H](C2CCC2)N2CCNCC2)c1. The number of hydrogen-bond acceptors (Lipinski definition) is 4. The predicted octanol–water partition coefficient (Wildman–Crippen LogP) is 2.15. The smallest absolute Gasteiger partial charge is 0.120 e. The minimum atomic E-state index is 0.334. The summed E-state index contributed by atoms with van der Waals surface area (Å²) >= 11 is 0. The second-order valence-corrected chi connectivity index (χ2v) is 5.85. The molecule has 1 atom stereocenters. The standard InChI is InChI=1S/C16H24N2O2/c1-20-13-5-6-15(19)14(11-13)16(12-3-2-4-12)18-9-7-17-8-10-18/h5-6,11-12,16-17,19H,2-4,7-10H2,1H3/t16-/m1/s1. The summed E-state index contributed by atoms with van der Waals surface area (Å²) in [6.07, 6.45) is 3.86. The van der Waals surface area contributed by atoms with Crippen molar-refractivity contribution in [3.05, 3.63) is 23.8 Å². The van der Waals surface area contributed by atoms with Gasteiger partial charge in [0.25, 0.3) is 0 Å². The number of benzene rings is 1. The van der Waals surface area contributed by atoms with Crippen LogP contribution in [0.4, 0.5) is 0 Å². The van der Waals surface area contributed by atoms with Crippen molar-refractivity contribution in [2.24, 2.45) is 5.92 Å². The van der Waals surface area contributed by atoms with Gasteiger partial charge in [0.15, 0.2) is 0 Å². The fourth-order valence-electron chi connectivity index (χ4n) is 3.36. The van der Waals surface area contributed by atoms with Gasteiger partial charge in [-0.05, 0) is 37.0 Å². The van der Waals surface area contributed by atoms with Crippen LogP contribution < -0.4 is 10.1 Å². The molecule has 4 heteroatoms. The van der Waals surface area contributed by atoms with Crippen LogP contribution in [-0.2, 0) is 0 Å². The first-order valence-electron chi connectivity index (χ1n) is 7.61. The number of nitrogens with one attached hydrogen (secondary N) is 1. The normalized spacial score (nSPS) is 22.2. The molecular weight excluding hydrogens is 252 g/mol. The molecule has 1 aromatic carbocycles. The Bertz CT molecular complexity index is 454. The van der Waals surface area contributed by atoms with Crippen molar-refractivity contribution < 1.29 is 9.84 Å². The largest absolute Gasteiger partial charge is 0.508 e. The van der Waals surface area contributed by atoms with Crippen molar-refractivity contribution in [3.63, 3.8) is 0 Å². The number of phenolic OH excluding ortho intramolecular Hbond substituents is 1. The Morgan fingerprint density at radius 1 is 1.30 bits per heavy atom. The molecule has 0 aromatic heterocycles. The topological polar surface area (TPSA) is 44.7 Å². The summed E-state index contributed by atoms with van der Waals surface area (Å²) in [6.45, 7) is 4.18. The molecule has 1 aromatic rings. The van der Waals surface area contributed by atoms with Crippen molar-refractivity contribution in [1.82, 2.24) is 10.2 Å². The van der Waals surface area contributed by atoms with Gasteiger partial charge in [0.2, 0.25) is 0 Å². The molecule has 1 saturated heterocycles. The zero-order chi connectivity index (χ0) is 13.9. The van der Waals surface area contributed by atoms with E-state index in [9.17, 15) is 5.11 Å². The lowest BCUT2D eigenvalue weighted by Crippen LogP contribution is -2.47. The number of aromatic hydroxyl groups is 1. The molecule has 2 N–H and O–H groups in total. The number of ether oxygens (including phenoxy) is 1. The number of nitrogens with zero attached hydrogens (tertiary/aromatic N) is 1. The number of phenols is 1. The first-order valence-corrected chi connectivity index (χ1v) is 7.61. The van der Waals surface area contributed by atoms with Crippen molar-refractivity contribution in [2.75, 3.05) is 33.3 Å². The number of methoxy groups -OCH3 is 1. The highest BCUT2D eigenvalue weighted by Gasteiger charge is 2.35. The maximum absolute atomic E-state index is 10.3. The zero-order valence-corrected chi connectivity index (χ0v) is 12.1. The van der Waals surface area contributed by atoms with Gasteiger partial charge in [0, 0.05) is 37.8 Å². The molecule has 110 valence electrons. The first-order chi connectivity index (χ1) is 9.79. The van der Waals surface area contributed by atoms with E-state index >= 15 is 0 Å². The molecule has 1 heterocycles. The van der Waals surface area contributed by atoms with Gasteiger partial charge in [-0.2, -0.15) is 0 Å². The number of piperazine rings is 1. The van der Waals surface area contributed by atoms with E-state index in [1.165, 1.54) is 19.3 Å². The minimum absolute atomic E-state index is 0.334. The zero-order valence-electron chi connectivity index (χ0n) is 12.1. The quantitative estimate of drug-likeness (QED) is 0.884. The average molecular weight is 276 g/mol. The Labute approximate surface area is 120 Å². The van der Waals surface area contributed by atoms with Crippen LogP contribution in [0.3, 0.4) is 0 Å². The number of hydrogen-bond donors (Lipinski definition) is 2. The van der Waals surface area contributed by atoms with Gasteiger partial charge in [0.1, 0.15) is 11.5 Å². The summed E-state index contributed by atoms with van der Waals surface area (Å²) in [4.78, 5) is 2.52. The maximum Gasteiger partial charge on any atom is 0.120 e. The minimum Gasteiger partial charge on any atom is -0.508 e. The molecule has 1 aliphatic heterocycles. The van der Waals surface area contributed by atoms with Crippen LogP contribution in [0.2, 0.25) is 0 Å². The van der Waals surface area contributed by atoms with E-state index < -0.39 is 0 Å². The van der Waals surface area contributed by atoms with Gasteiger partial charge < -0.3 is 15.2 Å². The third-order valence-electron chi connectivity index (χ3n) is 4.69. The van der Waals surface area contributed by atoms with Crippen LogP contribution in [0.15, 0.2) is 18.2 Å². The Balaban J connectivity index is 1.91. The van der Waals surface area contributed by atoms with E-state index in [-0.39, 0.29) is 0 Å². The van der Waals surface area contributed by atoms with E-state index in [2.05, 4.69) is 10.2 Å². The number of rotatable bonds is 4. The predicted molar refractivity (Wildman–Crippen MR) is 79.2 cm³/mol. The molecule has 3 rings (SSSR count). The van der Waals surface area contributed by atoms with Crippen LogP contribution in [0.1, 0.15) is 30.9 Å². The summed E-state index contributed by atoms with van der Waals surface area (Å²) in [5, 5.41) is 13.7. The van der Waals surface area contributed by atoms with E-state index in [1.807, 2.05) is 12.1 Å². The second-order valence-electron chi connectivity index (χ2n) is 5.85. The molecule has 4 nitrogen and oxygen atoms in total. The van der Waals surface area contributed by atoms with Crippen molar-refractivity contribution in [1.29, 1.82) is 0 Å². The monoisotopic (exact) mass is 276 g/mol. The molecule has 2 fully saturated rings. The fourth-order valence-corrected chi connectivity index (χ4v) is 3.36. The Kier molecular flexibility index (Phi) is 4.13. The van der Waals surface area contributed by atoms with E-state index in [4.69, 9.17) is 4.74 Å². The third kappa shape index (κ3) is 2.63. The Morgan fingerprint density at radius 3 is 2.65 bits per heavy atom. The van der Waals surface area contributed by atoms with Crippen molar-refractivity contribution in [3.8, 4) is 11.5 Å². The van der Waals surface area contributed by atoms with Crippen molar-refractivity contribution >= 4 is 0 Å². The van der Waals surface area contributed by atoms with Gasteiger partial charge in [-0.15, -0.1) is 0 Å². The van der Waals surface area contributed by atoms with Crippen LogP contribution in [0.25, 0.3) is 0 Å². The highest BCUT2D eigenvalue weighted by Crippen LogP contribution is 2.44. The van der Waals surface area contributed by atoms with Gasteiger partial charge in [-0.1, -0.05) is 6.42 Å². The van der Waals surface area contributed by atoms with E-state index in [0.29, 0.717) is 17.7 Å². The van der Waals surface area contributed by atoms with Crippen molar-refractivity contribution in [2.45, 2.75) is 25.3 Å². The molecule has 0 amide bonds. The molecular formula is C16H24N2O2. The summed E-state index contributed by atoms with van der Waals surface area (Å²) in [5.41, 5.74) is 1.04. The fraction of sp³-hybridized carbons (Fsp3) is 0.625. The molecule has 0 unspecified atom stereocenters. The lowest BCUT2D eigenvalue weighted by Gasteiger charge is -2.43. The van der Waals surface area contributed by atoms with Crippen LogP contribution in [0.5, 0.6) is 11.5 Å². The Morgan fingerprint density at radius 2 is 2.05 bits per heavy atom. The molecule has 1 saturated carbocycles. The van der Waals surface area contributed by atoms with Crippen LogP contribution in [0, 0.1) is 5.92 Å². The summed E-state index contributed by atoms with van der Waals surface area (Å²) in [5.74, 6) is 1.91. The lowest BCUT2D eigenvalue weighted by molar-refractivity contribution is 0.0818. The van der Waals surface area contributed by atoms with Gasteiger partial charge in [-0.25, -0.2) is 0 Å². The third-order valence-corrected chi connectivity index (χ3v) is 4.69. The second kappa shape index (κ2) is 6.02. The molecule has 2 aliphatic rings. The first kappa shape index (κ1) is 13.7. The van der Waals surface area contributed by atoms with Crippen LogP contribution in [-0.4, -0.2) is 43.3 Å². The highest BCUT2D eigenvalue weighted by molar-refractivity contribution is 5.42. The van der Waals surface area contributed by atoms with E-state index in [0.717, 1.165) is 37.5 Å². The van der Waals surface area contributed by atoms with Crippen LogP contribution >= 0.6 is 0 Å². The summed E-state index contributed by atoms with van der Waals surface area (Å²) < 4.78 is 5.34. The summed E-state index contributed by atoms with van der Waals surface area (Å²) in [7, 11) is 1.68. The molecule has 1 aliphatic carbocycles. The maximum atomic E-state index is 10.3. The van der Waals surface area contributed by atoms with Gasteiger partial charge >= 0.3 is 0 Å². The summed E-state index contributed by atoms with van der Waals surface area (Å²) in [6, 6.07) is 5.94. The van der Waals surface area contributed by atoms with Gasteiger partial charge in [0.05, 0.1) is 7.11 Å².